The number of rotatable bonds is 7. The van der Waals surface area contributed by atoms with E-state index >= 15 is 0 Å². The van der Waals surface area contributed by atoms with Crippen LogP contribution in [0.3, 0.4) is 0 Å². The van der Waals surface area contributed by atoms with E-state index in [9.17, 15) is 0 Å². The Balaban J connectivity index is 2.91. The van der Waals surface area contributed by atoms with Crippen molar-refractivity contribution in [1.82, 2.24) is 10.2 Å². The first-order chi connectivity index (χ1) is 5.63. The first-order valence-electron chi connectivity index (χ1n) is 4.62. The number of nitrogens with zero attached hydrogens (tertiary/aromatic N) is 1. The van der Waals surface area contributed by atoms with Crippen LogP contribution in [0.4, 0.5) is 0 Å². The van der Waals surface area contributed by atoms with Gasteiger partial charge in [0, 0.05) is 18.5 Å². The Kier molecular flexibility index (Phi) is 7.98. The highest BCUT2D eigenvalue weighted by atomic mass is 35.5. The topological polar surface area (TPSA) is 15.3 Å². The predicted molar refractivity (Wildman–Crippen MR) is 56.0 cm³/mol. The van der Waals surface area contributed by atoms with E-state index in [1.54, 1.807) is 0 Å². The molecule has 74 valence electrons. The highest BCUT2D eigenvalue weighted by Crippen LogP contribution is 2.01. The summed E-state index contributed by atoms with van der Waals surface area (Å²) >= 11 is 5.81. The third kappa shape index (κ3) is 10.2. The Bertz CT molecular complexity index is 82.5. The zero-order valence-corrected chi connectivity index (χ0v) is 9.19. The first kappa shape index (κ1) is 12.2. The van der Waals surface area contributed by atoms with Crippen LogP contribution in [-0.4, -0.2) is 44.0 Å². The summed E-state index contributed by atoms with van der Waals surface area (Å²) < 4.78 is 0. The molecule has 0 aromatic carbocycles. The molecule has 2 nitrogen and oxygen atoms in total. The van der Waals surface area contributed by atoms with Crippen molar-refractivity contribution in [2.45, 2.75) is 25.1 Å². The summed E-state index contributed by atoms with van der Waals surface area (Å²) in [6, 6.07) is 0. The van der Waals surface area contributed by atoms with E-state index in [-0.39, 0.29) is 0 Å². The second kappa shape index (κ2) is 7.84. The summed E-state index contributed by atoms with van der Waals surface area (Å²) in [4.78, 5) is 2.18. The molecule has 0 saturated heterocycles. The Hall–Kier alpha value is 0.210. The second-order valence-electron chi connectivity index (χ2n) is 3.48. The zero-order valence-electron chi connectivity index (χ0n) is 8.44. The van der Waals surface area contributed by atoms with Crippen LogP contribution in [0.25, 0.3) is 0 Å². The number of alkyl halides is 1. The first-order valence-corrected chi connectivity index (χ1v) is 5.06. The predicted octanol–water partition coefficient (Wildman–Crippen LogP) is 1.55. The van der Waals surface area contributed by atoms with Crippen LogP contribution in [0, 0.1) is 0 Å². The van der Waals surface area contributed by atoms with Gasteiger partial charge in [-0.15, -0.1) is 11.6 Å². The van der Waals surface area contributed by atoms with Gasteiger partial charge in [0.2, 0.25) is 0 Å². The molecule has 3 heteroatoms. The Morgan fingerprint density at radius 3 is 2.50 bits per heavy atom. The molecule has 0 aliphatic carbocycles. The maximum Gasteiger partial charge on any atom is 0.0308 e. The molecule has 1 N–H and O–H groups in total. The van der Waals surface area contributed by atoms with Crippen molar-refractivity contribution in [3.63, 3.8) is 0 Å². The molecule has 12 heavy (non-hydrogen) atoms. The smallest absolute Gasteiger partial charge is 0.0308 e. The lowest BCUT2D eigenvalue weighted by molar-refractivity contribution is 0.399. The molecule has 0 amide bonds. The van der Waals surface area contributed by atoms with Gasteiger partial charge in [0.25, 0.3) is 0 Å². The quantitative estimate of drug-likeness (QED) is 0.487. The largest absolute Gasteiger partial charge is 0.315 e. The highest BCUT2D eigenvalue weighted by Gasteiger charge is 1.95. The molecule has 0 aliphatic heterocycles. The zero-order chi connectivity index (χ0) is 9.40. The summed E-state index contributed by atoms with van der Waals surface area (Å²) in [7, 11) is 4.17. The molecule has 0 rings (SSSR count). The summed E-state index contributed by atoms with van der Waals surface area (Å²) in [5.74, 6) is 0. The summed E-state index contributed by atoms with van der Waals surface area (Å²) in [5.41, 5.74) is 0. The number of hydrogen-bond donors (Lipinski definition) is 1. The van der Waals surface area contributed by atoms with E-state index in [1.165, 1.54) is 6.42 Å². The van der Waals surface area contributed by atoms with Crippen LogP contribution >= 0.6 is 11.6 Å². The SMILES string of the molecule is CC(Cl)CCCNCCN(C)C. The Labute approximate surface area is 81.3 Å². The molecule has 1 unspecified atom stereocenters. The molecule has 0 aromatic heterocycles. The molecule has 0 spiro atoms. The third-order valence-corrected chi connectivity index (χ3v) is 1.91. The van der Waals surface area contributed by atoms with Gasteiger partial charge in [0.1, 0.15) is 0 Å². The normalized spacial score (nSPS) is 13.8. The monoisotopic (exact) mass is 192 g/mol. The van der Waals surface area contributed by atoms with Gasteiger partial charge >= 0.3 is 0 Å². The minimum atomic E-state index is 0.320. The fourth-order valence-electron chi connectivity index (χ4n) is 0.936. The number of halogens is 1. The molecule has 0 aliphatic rings. The maximum absolute atomic E-state index is 5.81. The molecule has 0 bridgehead atoms. The summed E-state index contributed by atoms with van der Waals surface area (Å²) in [6.07, 6.45) is 2.29. The fourth-order valence-corrected chi connectivity index (χ4v) is 1.09. The van der Waals surface area contributed by atoms with Crippen LogP contribution < -0.4 is 5.32 Å². The van der Waals surface area contributed by atoms with E-state index in [1.807, 2.05) is 6.92 Å². The Morgan fingerprint density at radius 1 is 1.33 bits per heavy atom. The fraction of sp³-hybridized carbons (Fsp3) is 1.00. The Morgan fingerprint density at radius 2 is 2.00 bits per heavy atom. The van der Waals surface area contributed by atoms with Crippen LogP contribution in [0.1, 0.15) is 19.8 Å². The van der Waals surface area contributed by atoms with Gasteiger partial charge in [0.15, 0.2) is 0 Å². The van der Waals surface area contributed by atoms with Gasteiger partial charge in [0.05, 0.1) is 0 Å². The van der Waals surface area contributed by atoms with Crippen molar-refractivity contribution in [3.05, 3.63) is 0 Å². The van der Waals surface area contributed by atoms with Crippen LogP contribution in [-0.2, 0) is 0 Å². The number of hydrogen-bond acceptors (Lipinski definition) is 2. The van der Waals surface area contributed by atoms with Crippen molar-refractivity contribution < 1.29 is 0 Å². The van der Waals surface area contributed by atoms with Crippen LogP contribution in [0.2, 0.25) is 0 Å². The minimum Gasteiger partial charge on any atom is -0.315 e. The van der Waals surface area contributed by atoms with Crippen molar-refractivity contribution in [1.29, 1.82) is 0 Å². The van der Waals surface area contributed by atoms with Gasteiger partial charge in [-0.2, -0.15) is 0 Å². The molecule has 0 fully saturated rings. The lowest BCUT2D eigenvalue weighted by atomic mass is 10.2. The van der Waals surface area contributed by atoms with Gasteiger partial charge in [-0.1, -0.05) is 0 Å². The van der Waals surface area contributed by atoms with E-state index in [2.05, 4.69) is 24.3 Å². The number of likely N-dealkylation sites (N-methyl/N-ethyl adjacent to an activating group) is 1. The average molecular weight is 193 g/mol. The van der Waals surface area contributed by atoms with E-state index in [0.717, 1.165) is 26.1 Å². The molecular formula is C9H21ClN2. The van der Waals surface area contributed by atoms with Gasteiger partial charge in [-0.3, -0.25) is 0 Å². The second-order valence-corrected chi connectivity index (χ2v) is 4.22. The average Bonchev–Trinajstić information content (AvgIpc) is 1.95. The number of nitrogens with one attached hydrogen (secondary N) is 1. The molecule has 0 heterocycles. The molecule has 1 atom stereocenters. The van der Waals surface area contributed by atoms with Crippen molar-refractivity contribution in [2.75, 3.05) is 33.7 Å². The molecule has 0 radical (unpaired) electrons. The summed E-state index contributed by atoms with van der Waals surface area (Å²) in [5, 5.41) is 3.69. The summed E-state index contributed by atoms with van der Waals surface area (Å²) in [6.45, 7) is 5.31. The van der Waals surface area contributed by atoms with E-state index < -0.39 is 0 Å². The van der Waals surface area contributed by atoms with Crippen molar-refractivity contribution in [3.8, 4) is 0 Å². The molecule has 0 saturated carbocycles. The molecular weight excluding hydrogens is 172 g/mol. The molecule has 0 aromatic rings. The van der Waals surface area contributed by atoms with Gasteiger partial charge < -0.3 is 10.2 Å². The van der Waals surface area contributed by atoms with Crippen LogP contribution in [0.5, 0.6) is 0 Å². The van der Waals surface area contributed by atoms with Crippen molar-refractivity contribution >= 4 is 11.6 Å². The standard InChI is InChI=1S/C9H21ClN2/c1-9(10)5-4-6-11-7-8-12(2)3/h9,11H,4-8H2,1-3H3. The lowest BCUT2D eigenvalue weighted by Gasteiger charge is -2.10. The van der Waals surface area contributed by atoms with E-state index in [0.29, 0.717) is 5.38 Å². The van der Waals surface area contributed by atoms with Gasteiger partial charge in [-0.05, 0) is 40.4 Å². The maximum atomic E-state index is 5.81. The highest BCUT2D eigenvalue weighted by molar-refractivity contribution is 6.20. The lowest BCUT2D eigenvalue weighted by Crippen LogP contribution is -2.27. The third-order valence-electron chi connectivity index (χ3n) is 1.69. The minimum absolute atomic E-state index is 0.320. The van der Waals surface area contributed by atoms with Gasteiger partial charge in [-0.25, -0.2) is 0 Å². The van der Waals surface area contributed by atoms with E-state index in [4.69, 9.17) is 11.6 Å². The van der Waals surface area contributed by atoms with Crippen LogP contribution in [0.15, 0.2) is 0 Å². The van der Waals surface area contributed by atoms with Crippen molar-refractivity contribution in [2.24, 2.45) is 0 Å².